The molecule has 8 heteroatoms. The zero-order valence-corrected chi connectivity index (χ0v) is 15.8. The summed E-state index contributed by atoms with van der Waals surface area (Å²) in [5.41, 5.74) is 5.88. The summed E-state index contributed by atoms with van der Waals surface area (Å²) in [5, 5.41) is 6.26. The number of anilines is 2. The van der Waals surface area contributed by atoms with Gasteiger partial charge in [-0.15, -0.1) is 0 Å². The molecule has 0 aliphatic rings. The quantitative estimate of drug-likeness (QED) is 0.716. The van der Waals surface area contributed by atoms with Crippen molar-refractivity contribution in [3.63, 3.8) is 0 Å². The van der Waals surface area contributed by atoms with Crippen LogP contribution in [0, 0.1) is 11.6 Å². The SMILES string of the molecule is CC(C)(C)c1cc(NC(=O)Cc2c(F)cc(-c3ccc(N)[nH+]c3)cc2F)no1. The number of nitrogens with two attached hydrogens (primary N) is 1. The first kappa shape index (κ1) is 19.5. The van der Waals surface area contributed by atoms with E-state index >= 15 is 0 Å². The Hall–Kier alpha value is -3.29. The number of halogens is 2. The second kappa shape index (κ2) is 7.38. The minimum Gasteiger partial charge on any atom is -0.359 e. The van der Waals surface area contributed by atoms with Gasteiger partial charge in [-0.25, -0.2) is 13.8 Å². The highest BCUT2D eigenvalue weighted by Gasteiger charge is 2.21. The van der Waals surface area contributed by atoms with Crippen LogP contribution in [0.4, 0.5) is 20.4 Å². The summed E-state index contributed by atoms with van der Waals surface area (Å²) in [6, 6.07) is 7.18. The molecule has 0 fully saturated rings. The average molecular weight is 387 g/mol. The first-order valence-electron chi connectivity index (χ1n) is 8.66. The van der Waals surface area contributed by atoms with Crippen LogP contribution in [0.3, 0.4) is 0 Å². The maximum atomic E-state index is 14.4. The topological polar surface area (TPSA) is 95.3 Å². The lowest BCUT2D eigenvalue weighted by Gasteiger charge is -2.12. The largest absolute Gasteiger partial charge is 0.359 e. The molecule has 0 atom stereocenters. The van der Waals surface area contributed by atoms with E-state index in [4.69, 9.17) is 10.3 Å². The number of aromatic nitrogens is 2. The third kappa shape index (κ3) is 4.33. The van der Waals surface area contributed by atoms with Crippen LogP contribution >= 0.6 is 0 Å². The predicted molar refractivity (Wildman–Crippen MR) is 100 cm³/mol. The van der Waals surface area contributed by atoms with Crippen LogP contribution in [-0.4, -0.2) is 11.1 Å². The van der Waals surface area contributed by atoms with E-state index in [1.54, 1.807) is 24.4 Å². The van der Waals surface area contributed by atoms with Gasteiger partial charge in [0.25, 0.3) is 5.82 Å². The number of pyridine rings is 1. The number of hydrogen-bond acceptors (Lipinski definition) is 4. The van der Waals surface area contributed by atoms with Gasteiger partial charge in [0, 0.05) is 28.7 Å². The molecule has 0 aliphatic heterocycles. The van der Waals surface area contributed by atoms with E-state index in [1.807, 2.05) is 20.8 Å². The molecule has 0 unspecified atom stereocenters. The zero-order chi connectivity index (χ0) is 20.5. The maximum absolute atomic E-state index is 14.4. The Bertz CT molecular complexity index is 985. The van der Waals surface area contributed by atoms with Crippen LogP contribution in [0.1, 0.15) is 32.1 Å². The molecule has 1 amide bonds. The van der Waals surface area contributed by atoms with E-state index in [-0.39, 0.29) is 16.8 Å². The van der Waals surface area contributed by atoms with Gasteiger partial charge in [0.05, 0.1) is 12.6 Å². The molecule has 4 N–H and O–H groups in total. The Balaban J connectivity index is 1.76. The third-order valence-electron chi connectivity index (χ3n) is 4.17. The standard InChI is InChI=1S/C20H20F2N4O2/c1-20(2,3)16-9-18(26-28-16)25-19(27)8-13-14(21)6-12(7-15(13)22)11-4-5-17(23)24-10-11/h4-7,9-10H,8H2,1-3H3,(H2,23,24)(H,25,26,27)/p+1. The van der Waals surface area contributed by atoms with Gasteiger partial charge >= 0.3 is 0 Å². The second-order valence-corrected chi connectivity index (χ2v) is 7.50. The summed E-state index contributed by atoms with van der Waals surface area (Å²) in [6.07, 6.45) is 1.08. The average Bonchev–Trinajstić information content (AvgIpc) is 3.07. The van der Waals surface area contributed by atoms with E-state index in [9.17, 15) is 13.6 Å². The van der Waals surface area contributed by atoms with E-state index < -0.39 is 24.0 Å². The number of nitrogens with one attached hydrogen (secondary N) is 2. The molecule has 2 aromatic heterocycles. The fourth-order valence-corrected chi connectivity index (χ4v) is 2.59. The van der Waals surface area contributed by atoms with Crippen LogP contribution in [0.25, 0.3) is 11.1 Å². The Morgan fingerprint density at radius 3 is 2.39 bits per heavy atom. The minimum absolute atomic E-state index is 0.199. The number of nitrogens with zero attached hydrogens (tertiary/aromatic N) is 1. The molecule has 0 bridgehead atoms. The molecule has 3 rings (SSSR count). The molecule has 1 aromatic carbocycles. The number of carbonyl (C=O) groups excluding carboxylic acids is 1. The van der Waals surface area contributed by atoms with Gasteiger partial charge in [-0.1, -0.05) is 25.9 Å². The van der Waals surface area contributed by atoms with Gasteiger partial charge < -0.3 is 9.84 Å². The lowest BCUT2D eigenvalue weighted by Crippen LogP contribution is -2.16. The molecule has 146 valence electrons. The highest BCUT2D eigenvalue weighted by atomic mass is 19.1. The zero-order valence-electron chi connectivity index (χ0n) is 15.8. The van der Waals surface area contributed by atoms with Crippen molar-refractivity contribution in [3.8, 4) is 11.1 Å². The highest BCUT2D eigenvalue weighted by Crippen LogP contribution is 2.26. The van der Waals surface area contributed by atoms with Crippen molar-refractivity contribution in [1.82, 2.24) is 5.16 Å². The van der Waals surface area contributed by atoms with Gasteiger partial charge in [-0.3, -0.25) is 10.5 Å². The van der Waals surface area contributed by atoms with Gasteiger partial charge in [0.2, 0.25) is 5.91 Å². The number of hydrogen-bond donors (Lipinski definition) is 2. The lowest BCUT2D eigenvalue weighted by molar-refractivity contribution is -0.359. The van der Waals surface area contributed by atoms with Crippen molar-refractivity contribution in [2.24, 2.45) is 0 Å². The Labute approximate surface area is 160 Å². The molecule has 0 saturated carbocycles. The van der Waals surface area contributed by atoms with Crippen molar-refractivity contribution in [2.45, 2.75) is 32.6 Å². The summed E-state index contributed by atoms with van der Waals surface area (Å²) in [7, 11) is 0. The van der Waals surface area contributed by atoms with E-state index in [0.717, 1.165) is 0 Å². The van der Waals surface area contributed by atoms with Crippen LogP contribution in [0.5, 0.6) is 0 Å². The highest BCUT2D eigenvalue weighted by molar-refractivity contribution is 5.91. The first-order valence-corrected chi connectivity index (χ1v) is 8.66. The predicted octanol–water partition coefficient (Wildman–Crippen LogP) is 3.49. The fourth-order valence-electron chi connectivity index (χ4n) is 2.59. The Kier molecular flexibility index (Phi) is 5.13. The fraction of sp³-hybridized carbons (Fsp3) is 0.250. The molecular weight excluding hydrogens is 366 g/mol. The lowest BCUT2D eigenvalue weighted by atomic mass is 9.93. The van der Waals surface area contributed by atoms with E-state index in [1.165, 1.54) is 12.1 Å². The van der Waals surface area contributed by atoms with Crippen LogP contribution in [0.2, 0.25) is 0 Å². The summed E-state index contributed by atoms with van der Waals surface area (Å²) in [4.78, 5) is 15.0. The van der Waals surface area contributed by atoms with Gasteiger partial charge in [-0.2, -0.15) is 0 Å². The van der Waals surface area contributed by atoms with Crippen molar-refractivity contribution < 1.29 is 23.1 Å². The van der Waals surface area contributed by atoms with Crippen LogP contribution < -0.4 is 16.0 Å². The summed E-state index contributed by atoms with van der Waals surface area (Å²) >= 11 is 0. The van der Waals surface area contributed by atoms with Gasteiger partial charge in [-0.05, 0) is 23.8 Å². The molecule has 0 saturated heterocycles. The van der Waals surface area contributed by atoms with Crippen molar-refractivity contribution in [1.29, 1.82) is 0 Å². The second-order valence-electron chi connectivity index (χ2n) is 7.50. The van der Waals surface area contributed by atoms with Crippen LogP contribution in [-0.2, 0) is 16.6 Å². The van der Waals surface area contributed by atoms with E-state index in [2.05, 4.69) is 15.5 Å². The molecule has 28 heavy (non-hydrogen) atoms. The number of rotatable bonds is 4. The molecule has 6 nitrogen and oxygen atoms in total. The molecule has 2 heterocycles. The number of aromatic amines is 1. The van der Waals surface area contributed by atoms with Crippen molar-refractivity contribution in [3.05, 3.63) is 59.5 Å². The smallest absolute Gasteiger partial charge is 0.270 e. The van der Waals surface area contributed by atoms with E-state index in [0.29, 0.717) is 22.7 Å². The molecule has 0 radical (unpaired) electrons. The molecular formula is C20H21F2N4O2+. The number of benzene rings is 1. The third-order valence-corrected chi connectivity index (χ3v) is 4.17. The summed E-state index contributed by atoms with van der Waals surface area (Å²) in [5.74, 6) is -0.995. The maximum Gasteiger partial charge on any atom is 0.270 e. The summed E-state index contributed by atoms with van der Waals surface area (Å²) in [6.45, 7) is 5.80. The summed E-state index contributed by atoms with van der Waals surface area (Å²) < 4.78 is 34.1. The van der Waals surface area contributed by atoms with Crippen molar-refractivity contribution >= 4 is 17.5 Å². The van der Waals surface area contributed by atoms with Crippen LogP contribution in [0.15, 0.2) is 41.1 Å². The Morgan fingerprint density at radius 2 is 1.86 bits per heavy atom. The molecule has 0 aliphatic carbocycles. The Morgan fingerprint density at radius 1 is 1.18 bits per heavy atom. The monoisotopic (exact) mass is 387 g/mol. The first-order chi connectivity index (χ1) is 13.1. The number of carbonyl (C=O) groups is 1. The van der Waals surface area contributed by atoms with Gasteiger partial charge in [0.1, 0.15) is 17.4 Å². The number of H-pyrrole nitrogens is 1. The number of nitrogen functional groups attached to an aromatic ring is 1. The van der Waals surface area contributed by atoms with Gasteiger partial charge in [0.15, 0.2) is 5.82 Å². The molecule has 0 spiro atoms. The normalized spacial score (nSPS) is 11.5. The number of amides is 1. The van der Waals surface area contributed by atoms with Crippen molar-refractivity contribution in [2.75, 3.05) is 11.1 Å². The molecule has 3 aromatic rings. The minimum atomic E-state index is -0.808.